The lowest BCUT2D eigenvalue weighted by molar-refractivity contribution is -0.140. The highest BCUT2D eigenvalue weighted by Crippen LogP contribution is 2.04. The number of aromatic nitrogens is 2. The minimum atomic E-state index is -0.493. The van der Waals surface area contributed by atoms with Crippen molar-refractivity contribution < 1.29 is 9.53 Å². The normalized spacial score (nSPS) is 12.4. The molecule has 0 amide bonds. The molecular weight excluding hydrogens is 276 g/mol. The van der Waals surface area contributed by atoms with E-state index in [0.29, 0.717) is 6.54 Å². The number of ether oxygens (including phenoxy) is 1. The molecule has 6 heteroatoms. The van der Waals surface area contributed by atoms with Crippen molar-refractivity contribution in [1.29, 1.82) is 0 Å². The molecule has 0 saturated carbocycles. The molecule has 0 spiro atoms. The first kappa shape index (κ1) is 13.0. The monoisotopic (exact) mass is 290 g/mol. The Kier molecular flexibility index (Phi) is 4.79. The Morgan fingerprint density at radius 3 is 2.69 bits per heavy atom. The number of nitrogens with zero attached hydrogens (tertiary/aromatic N) is 2. The molecule has 5 nitrogen and oxygen atoms in total. The first-order valence-corrected chi connectivity index (χ1v) is 5.99. The Morgan fingerprint density at radius 1 is 1.50 bits per heavy atom. The third-order valence-corrected chi connectivity index (χ3v) is 2.86. The van der Waals surface area contributed by atoms with Crippen LogP contribution in [0.2, 0.25) is 0 Å². The molecule has 1 heterocycles. The Labute approximate surface area is 102 Å². The topological polar surface area (TPSA) is 53.2 Å². The van der Waals surface area contributed by atoms with Gasteiger partial charge in [-0.1, -0.05) is 22.9 Å². The van der Waals surface area contributed by atoms with Crippen molar-refractivity contribution in [2.75, 3.05) is 7.11 Å². The molecule has 90 valence electrons. The van der Waals surface area contributed by atoms with E-state index >= 15 is 0 Å². The van der Waals surface area contributed by atoms with Crippen LogP contribution < -0.4 is 5.69 Å². The Hall–Kier alpha value is -1.04. The zero-order valence-corrected chi connectivity index (χ0v) is 10.9. The lowest BCUT2D eigenvalue weighted by Gasteiger charge is -2.07. The number of rotatable bonds is 5. The molecule has 16 heavy (non-hydrogen) atoms. The summed E-state index contributed by atoms with van der Waals surface area (Å²) in [4.78, 5) is 22.4. The van der Waals surface area contributed by atoms with Crippen molar-refractivity contribution in [2.24, 2.45) is 0 Å². The van der Waals surface area contributed by atoms with Crippen LogP contribution in [-0.4, -0.2) is 27.0 Å². The number of esters is 1. The lowest BCUT2D eigenvalue weighted by atomic mass is 10.4. The van der Waals surface area contributed by atoms with Gasteiger partial charge >= 0.3 is 11.7 Å². The van der Waals surface area contributed by atoms with Gasteiger partial charge in [0, 0.05) is 18.9 Å². The van der Waals surface area contributed by atoms with E-state index in [1.807, 2.05) is 6.92 Å². The molecule has 0 aliphatic heterocycles. The quantitative estimate of drug-likeness (QED) is 0.600. The van der Waals surface area contributed by atoms with Gasteiger partial charge in [0.05, 0.1) is 13.7 Å². The molecule has 0 aliphatic rings. The van der Waals surface area contributed by atoms with E-state index in [2.05, 4.69) is 20.7 Å². The van der Waals surface area contributed by atoms with Crippen LogP contribution in [-0.2, 0) is 22.6 Å². The molecule has 1 aromatic rings. The van der Waals surface area contributed by atoms with E-state index in [1.165, 1.54) is 11.7 Å². The van der Waals surface area contributed by atoms with Crippen molar-refractivity contribution in [1.82, 2.24) is 9.13 Å². The summed E-state index contributed by atoms with van der Waals surface area (Å²) >= 11 is 3.18. The summed E-state index contributed by atoms with van der Waals surface area (Å²) in [5.74, 6) is -0.379. The molecule has 0 N–H and O–H groups in total. The van der Waals surface area contributed by atoms with Crippen LogP contribution in [0, 0.1) is 0 Å². The average molecular weight is 291 g/mol. The SMILES string of the molecule is CCCn1ccn(CC(Br)C(=O)OC)c1=O. The van der Waals surface area contributed by atoms with E-state index in [9.17, 15) is 9.59 Å². The van der Waals surface area contributed by atoms with Gasteiger partial charge in [-0.05, 0) is 6.42 Å². The standard InChI is InChI=1S/C10H15BrN2O3/c1-3-4-12-5-6-13(10(12)15)7-8(11)9(14)16-2/h5-6,8H,3-4,7H2,1-2H3. The third-order valence-electron chi connectivity index (χ3n) is 2.20. The summed E-state index contributed by atoms with van der Waals surface area (Å²) in [5, 5.41) is 0. The molecule has 1 aromatic heterocycles. The number of hydrogen-bond donors (Lipinski definition) is 0. The predicted octanol–water partition coefficient (Wildman–Crippen LogP) is 0.996. The first-order chi connectivity index (χ1) is 7.60. The minimum Gasteiger partial charge on any atom is -0.468 e. The smallest absolute Gasteiger partial charge is 0.328 e. The number of methoxy groups -OCH3 is 1. The Balaban J connectivity index is 2.75. The summed E-state index contributed by atoms with van der Waals surface area (Å²) in [7, 11) is 1.32. The first-order valence-electron chi connectivity index (χ1n) is 5.07. The summed E-state index contributed by atoms with van der Waals surface area (Å²) in [6.07, 6.45) is 4.30. The zero-order chi connectivity index (χ0) is 12.1. The van der Waals surface area contributed by atoms with Crippen molar-refractivity contribution in [3.8, 4) is 0 Å². The van der Waals surface area contributed by atoms with Gasteiger partial charge in [0.25, 0.3) is 0 Å². The minimum absolute atomic E-state index is 0.102. The van der Waals surface area contributed by atoms with Crippen molar-refractivity contribution >= 4 is 21.9 Å². The van der Waals surface area contributed by atoms with E-state index in [-0.39, 0.29) is 18.2 Å². The van der Waals surface area contributed by atoms with Gasteiger partial charge in [-0.25, -0.2) is 4.79 Å². The van der Waals surface area contributed by atoms with Gasteiger partial charge in [0.2, 0.25) is 0 Å². The van der Waals surface area contributed by atoms with Crippen LogP contribution in [0.5, 0.6) is 0 Å². The van der Waals surface area contributed by atoms with E-state index < -0.39 is 4.83 Å². The molecular formula is C10H15BrN2O3. The van der Waals surface area contributed by atoms with E-state index in [0.717, 1.165) is 6.42 Å². The van der Waals surface area contributed by atoms with E-state index in [1.54, 1.807) is 17.0 Å². The second kappa shape index (κ2) is 5.89. The molecule has 1 atom stereocenters. The van der Waals surface area contributed by atoms with Gasteiger partial charge in [0.1, 0.15) is 4.83 Å². The zero-order valence-electron chi connectivity index (χ0n) is 9.35. The van der Waals surface area contributed by atoms with Crippen molar-refractivity contribution in [3.05, 3.63) is 22.9 Å². The number of carbonyl (C=O) groups is 1. The fourth-order valence-electron chi connectivity index (χ4n) is 1.38. The maximum Gasteiger partial charge on any atom is 0.328 e. The second-order valence-corrected chi connectivity index (χ2v) is 4.52. The van der Waals surface area contributed by atoms with Gasteiger partial charge in [-0.3, -0.25) is 13.9 Å². The lowest BCUT2D eigenvalue weighted by Crippen LogP contribution is -2.30. The van der Waals surface area contributed by atoms with Crippen LogP contribution in [0.4, 0.5) is 0 Å². The van der Waals surface area contributed by atoms with Crippen LogP contribution in [0.25, 0.3) is 0 Å². The number of hydrogen-bond acceptors (Lipinski definition) is 3. The summed E-state index contributed by atoms with van der Waals surface area (Å²) in [6, 6.07) is 0. The number of imidazole rings is 1. The third kappa shape index (κ3) is 2.98. The molecule has 0 fully saturated rings. The fourth-order valence-corrected chi connectivity index (χ4v) is 1.88. The fraction of sp³-hybridized carbons (Fsp3) is 0.600. The molecule has 0 aliphatic carbocycles. The molecule has 0 radical (unpaired) electrons. The summed E-state index contributed by atoms with van der Waals surface area (Å²) < 4.78 is 7.68. The maximum atomic E-state index is 11.8. The van der Waals surface area contributed by atoms with Gasteiger partial charge < -0.3 is 4.74 Å². The highest BCUT2D eigenvalue weighted by atomic mass is 79.9. The van der Waals surface area contributed by atoms with Gasteiger partial charge in [-0.15, -0.1) is 0 Å². The number of aryl methyl sites for hydroxylation is 1. The van der Waals surface area contributed by atoms with Crippen LogP contribution >= 0.6 is 15.9 Å². The number of halogens is 1. The second-order valence-electron chi connectivity index (χ2n) is 3.42. The predicted molar refractivity (Wildman–Crippen MR) is 63.7 cm³/mol. The van der Waals surface area contributed by atoms with Crippen molar-refractivity contribution in [2.45, 2.75) is 31.3 Å². The van der Waals surface area contributed by atoms with Crippen LogP contribution in [0.1, 0.15) is 13.3 Å². The number of alkyl halides is 1. The van der Waals surface area contributed by atoms with Gasteiger partial charge in [-0.2, -0.15) is 0 Å². The van der Waals surface area contributed by atoms with Crippen molar-refractivity contribution in [3.63, 3.8) is 0 Å². The van der Waals surface area contributed by atoms with E-state index in [4.69, 9.17) is 0 Å². The highest BCUT2D eigenvalue weighted by Gasteiger charge is 2.17. The van der Waals surface area contributed by atoms with Gasteiger partial charge in [0.15, 0.2) is 0 Å². The Morgan fingerprint density at radius 2 is 2.12 bits per heavy atom. The number of carbonyl (C=O) groups excluding carboxylic acids is 1. The summed E-state index contributed by atoms with van der Waals surface area (Å²) in [6.45, 7) is 2.98. The van der Waals surface area contributed by atoms with Crippen LogP contribution in [0.15, 0.2) is 17.2 Å². The largest absolute Gasteiger partial charge is 0.468 e. The average Bonchev–Trinajstić information content (AvgIpc) is 2.61. The highest BCUT2D eigenvalue weighted by molar-refractivity contribution is 9.10. The molecule has 0 saturated heterocycles. The van der Waals surface area contributed by atoms with Crippen LogP contribution in [0.3, 0.4) is 0 Å². The molecule has 0 aromatic carbocycles. The summed E-state index contributed by atoms with van der Waals surface area (Å²) in [5.41, 5.74) is -0.102. The molecule has 0 bridgehead atoms. The Bertz CT molecular complexity index is 410. The molecule has 1 rings (SSSR count). The molecule has 1 unspecified atom stereocenters. The maximum absolute atomic E-state index is 11.8.